The molecule has 1 N–H and O–H groups in total. The van der Waals surface area contributed by atoms with Crippen molar-refractivity contribution in [3.05, 3.63) is 0 Å². The molecule has 1 rings (SSSR count). The molecule has 0 aromatic heterocycles. The van der Waals surface area contributed by atoms with Crippen LogP contribution in [-0.4, -0.2) is 18.7 Å². The fourth-order valence-electron chi connectivity index (χ4n) is 2.19. The molecule has 82 valence electrons. The minimum Gasteiger partial charge on any atom is -0.427 e. The summed E-state index contributed by atoms with van der Waals surface area (Å²) in [6, 6.07) is 0. The van der Waals surface area contributed by atoms with Gasteiger partial charge < -0.3 is 9.68 Å². The van der Waals surface area contributed by atoms with Gasteiger partial charge >= 0.3 is 7.12 Å². The molecule has 0 aromatic rings. The van der Waals surface area contributed by atoms with Crippen molar-refractivity contribution in [1.29, 1.82) is 0 Å². The van der Waals surface area contributed by atoms with Gasteiger partial charge in [-0.25, -0.2) is 0 Å². The zero-order chi connectivity index (χ0) is 10.6. The molecule has 1 heterocycles. The molecule has 0 saturated carbocycles. The first-order valence-corrected chi connectivity index (χ1v) is 5.86. The Morgan fingerprint density at radius 3 is 2.64 bits per heavy atom. The normalized spacial score (nSPS) is 23.1. The highest BCUT2D eigenvalue weighted by molar-refractivity contribution is 6.43. The second-order valence-corrected chi connectivity index (χ2v) is 5.17. The molecule has 0 aromatic carbocycles. The summed E-state index contributed by atoms with van der Waals surface area (Å²) in [5, 5.41) is 9.31. The third-order valence-electron chi connectivity index (χ3n) is 3.51. The second kappa shape index (κ2) is 5.17. The lowest BCUT2D eigenvalue weighted by atomic mass is 9.68. The van der Waals surface area contributed by atoms with Crippen molar-refractivity contribution < 1.29 is 9.68 Å². The lowest BCUT2D eigenvalue weighted by Crippen LogP contribution is -2.24. The molecule has 1 aliphatic rings. The van der Waals surface area contributed by atoms with Crippen molar-refractivity contribution >= 4 is 7.12 Å². The van der Waals surface area contributed by atoms with Gasteiger partial charge in [-0.05, 0) is 24.1 Å². The van der Waals surface area contributed by atoms with Gasteiger partial charge in [0.05, 0.1) is 0 Å². The third-order valence-corrected chi connectivity index (χ3v) is 3.51. The zero-order valence-corrected chi connectivity index (χ0v) is 9.75. The highest BCUT2D eigenvalue weighted by Gasteiger charge is 2.38. The van der Waals surface area contributed by atoms with Gasteiger partial charge in [0, 0.05) is 6.61 Å². The molecule has 0 spiro atoms. The molecule has 1 fully saturated rings. The number of hydrogen-bond donors (Lipinski definition) is 1. The summed E-state index contributed by atoms with van der Waals surface area (Å²) in [6.07, 6.45) is 5.97. The Balaban J connectivity index is 2.32. The lowest BCUT2D eigenvalue weighted by Gasteiger charge is -2.30. The molecule has 3 heteroatoms. The van der Waals surface area contributed by atoms with Crippen molar-refractivity contribution in [3.63, 3.8) is 0 Å². The molecule has 0 aliphatic carbocycles. The Bertz CT molecular complexity index is 171. The van der Waals surface area contributed by atoms with Crippen LogP contribution in [0.4, 0.5) is 0 Å². The fraction of sp³-hybridized carbons (Fsp3) is 1.00. The van der Waals surface area contributed by atoms with Crippen LogP contribution in [0.5, 0.6) is 0 Å². The predicted octanol–water partition coefficient (Wildman–Crippen LogP) is 2.72. The van der Waals surface area contributed by atoms with E-state index in [0.29, 0.717) is 11.3 Å². The summed E-state index contributed by atoms with van der Waals surface area (Å²) in [6.45, 7) is 7.57. The minimum atomic E-state index is -0.509. The Kier molecular flexibility index (Phi) is 4.46. The first kappa shape index (κ1) is 12.1. The maximum atomic E-state index is 9.31. The molecule has 14 heavy (non-hydrogen) atoms. The van der Waals surface area contributed by atoms with E-state index < -0.39 is 7.12 Å². The van der Waals surface area contributed by atoms with Crippen LogP contribution >= 0.6 is 0 Å². The fourth-order valence-corrected chi connectivity index (χ4v) is 2.19. The van der Waals surface area contributed by atoms with Crippen LogP contribution in [0.25, 0.3) is 0 Å². The van der Waals surface area contributed by atoms with Crippen LogP contribution in [0, 0.1) is 11.3 Å². The van der Waals surface area contributed by atoms with Crippen LogP contribution in [0.2, 0.25) is 6.32 Å². The first-order chi connectivity index (χ1) is 6.56. The predicted molar refractivity (Wildman–Crippen MR) is 60.1 cm³/mol. The van der Waals surface area contributed by atoms with Gasteiger partial charge in [0.1, 0.15) is 0 Å². The van der Waals surface area contributed by atoms with Crippen LogP contribution < -0.4 is 0 Å². The summed E-state index contributed by atoms with van der Waals surface area (Å²) < 4.78 is 5.21. The van der Waals surface area contributed by atoms with E-state index in [9.17, 15) is 5.02 Å². The van der Waals surface area contributed by atoms with E-state index in [1.54, 1.807) is 0 Å². The molecular weight excluding hydrogens is 175 g/mol. The van der Waals surface area contributed by atoms with Crippen molar-refractivity contribution in [3.8, 4) is 0 Å². The molecule has 0 bridgehead atoms. The zero-order valence-electron chi connectivity index (χ0n) is 9.75. The second-order valence-electron chi connectivity index (χ2n) is 5.17. The first-order valence-electron chi connectivity index (χ1n) is 5.86. The van der Waals surface area contributed by atoms with Gasteiger partial charge in [0.2, 0.25) is 0 Å². The summed E-state index contributed by atoms with van der Waals surface area (Å²) in [5.41, 5.74) is 0.326. The SMILES string of the molecule is CCCCCC(C)(C)[C@H]1COB(O)C1. The van der Waals surface area contributed by atoms with Crippen molar-refractivity contribution in [1.82, 2.24) is 0 Å². The summed E-state index contributed by atoms with van der Waals surface area (Å²) in [4.78, 5) is 0. The van der Waals surface area contributed by atoms with Crippen molar-refractivity contribution in [2.45, 2.75) is 52.8 Å². The summed E-state index contributed by atoms with van der Waals surface area (Å²) in [7, 11) is -0.509. The highest BCUT2D eigenvalue weighted by atomic mass is 16.5. The topological polar surface area (TPSA) is 29.5 Å². The van der Waals surface area contributed by atoms with Gasteiger partial charge in [0.15, 0.2) is 0 Å². The summed E-state index contributed by atoms with van der Waals surface area (Å²) >= 11 is 0. The van der Waals surface area contributed by atoms with Crippen LogP contribution in [0.1, 0.15) is 46.5 Å². The Hall–Kier alpha value is -0.0151. The molecular formula is C11H23BO2. The maximum Gasteiger partial charge on any atom is 0.454 e. The molecule has 1 saturated heterocycles. The van der Waals surface area contributed by atoms with E-state index in [0.717, 1.165) is 12.9 Å². The van der Waals surface area contributed by atoms with Gasteiger partial charge in [-0.3, -0.25) is 0 Å². The summed E-state index contributed by atoms with van der Waals surface area (Å²) in [5.74, 6) is 0.536. The van der Waals surface area contributed by atoms with E-state index in [-0.39, 0.29) is 0 Å². The van der Waals surface area contributed by atoms with Crippen molar-refractivity contribution in [2.75, 3.05) is 6.61 Å². The van der Waals surface area contributed by atoms with Gasteiger partial charge in [0.25, 0.3) is 0 Å². The van der Waals surface area contributed by atoms with E-state index in [4.69, 9.17) is 4.65 Å². The average Bonchev–Trinajstić information content (AvgIpc) is 2.53. The Morgan fingerprint density at radius 2 is 2.14 bits per heavy atom. The molecule has 0 radical (unpaired) electrons. The average molecular weight is 198 g/mol. The largest absolute Gasteiger partial charge is 0.454 e. The van der Waals surface area contributed by atoms with Gasteiger partial charge in [-0.2, -0.15) is 0 Å². The minimum absolute atomic E-state index is 0.326. The molecule has 2 nitrogen and oxygen atoms in total. The highest BCUT2D eigenvalue weighted by Crippen LogP contribution is 2.38. The van der Waals surface area contributed by atoms with Crippen LogP contribution in [0.3, 0.4) is 0 Å². The van der Waals surface area contributed by atoms with Gasteiger partial charge in [-0.1, -0.05) is 40.0 Å². The smallest absolute Gasteiger partial charge is 0.427 e. The molecule has 0 unspecified atom stereocenters. The lowest BCUT2D eigenvalue weighted by molar-refractivity contribution is 0.161. The number of rotatable bonds is 5. The van der Waals surface area contributed by atoms with Gasteiger partial charge in [-0.15, -0.1) is 0 Å². The van der Waals surface area contributed by atoms with E-state index in [2.05, 4.69) is 20.8 Å². The Morgan fingerprint density at radius 1 is 1.43 bits per heavy atom. The molecule has 1 aliphatic heterocycles. The monoisotopic (exact) mass is 198 g/mol. The van der Waals surface area contributed by atoms with Crippen molar-refractivity contribution in [2.24, 2.45) is 11.3 Å². The standard InChI is InChI=1S/C11H23BO2/c1-4-5-6-7-11(2,3)10-8-12(13)14-9-10/h10,13H,4-9H2,1-3H3/t10-/m1/s1. The van der Waals surface area contributed by atoms with E-state index in [1.807, 2.05) is 0 Å². The van der Waals surface area contributed by atoms with E-state index in [1.165, 1.54) is 25.7 Å². The number of unbranched alkanes of at least 4 members (excludes halogenated alkanes) is 2. The maximum absolute atomic E-state index is 9.31. The molecule has 1 atom stereocenters. The van der Waals surface area contributed by atoms with Crippen LogP contribution in [-0.2, 0) is 4.65 Å². The van der Waals surface area contributed by atoms with Crippen LogP contribution in [0.15, 0.2) is 0 Å². The third kappa shape index (κ3) is 3.28. The number of hydrogen-bond acceptors (Lipinski definition) is 2. The quantitative estimate of drug-likeness (QED) is 0.543. The van der Waals surface area contributed by atoms with E-state index >= 15 is 0 Å². The Labute approximate surface area is 88.2 Å². The molecule has 0 amide bonds.